The highest BCUT2D eigenvalue weighted by Gasteiger charge is 2.19. The molecule has 56 valence electrons. The molecule has 1 heterocycles. The second-order valence-electron chi connectivity index (χ2n) is 2.69. The Balaban J connectivity index is 2.59. The molecule has 0 spiro atoms. The van der Waals surface area contributed by atoms with E-state index in [0.29, 0.717) is 0 Å². The predicted molar refractivity (Wildman–Crippen MR) is 45.7 cm³/mol. The van der Waals surface area contributed by atoms with Crippen molar-refractivity contribution >= 4 is 18.3 Å². The first-order valence-electron chi connectivity index (χ1n) is 3.51. The van der Waals surface area contributed by atoms with Gasteiger partial charge in [0.25, 0.3) is 0 Å². The average molecular weight is 165 g/mol. The summed E-state index contributed by atoms with van der Waals surface area (Å²) in [5, 5.41) is 4.30. The zero-order valence-corrected chi connectivity index (χ0v) is 7.18. The van der Waals surface area contributed by atoms with Crippen molar-refractivity contribution in [3.8, 4) is 0 Å². The van der Waals surface area contributed by atoms with Gasteiger partial charge in [0.2, 0.25) is 0 Å². The van der Waals surface area contributed by atoms with Crippen LogP contribution >= 0.6 is 12.6 Å². The van der Waals surface area contributed by atoms with Crippen LogP contribution < -0.4 is 0 Å². The third-order valence-corrected chi connectivity index (χ3v) is 2.21. The van der Waals surface area contributed by atoms with Gasteiger partial charge < -0.3 is 0 Å². The molecule has 1 aliphatic heterocycles. The van der Waals surface area contributed by atoms with Crippen LogP contribution in [-0.4, -0.2) is 11.7 Å². The highest BCUT2D eigenvalue weighted by atomic mass is 32.1. The number of thiol groups is 1. The molecule has 0 radical (unpaired) electrons. The maximum absolute atomic E-state index is 4.34. The summed E-state index contributed by atoms with van der Waals surface area (Å²) in [5.41, 5.74) is 2.29. The number of nitrogens with zero attached hydrogens (tertiary/aromatic N) is 2. The summed E-state index contributed by atoms with van der Waals surface area (Å²) < 4.78 is 1.92. The molecule has 0 aliphatic carbocycles. The van der Waals surface area contributed by atoms with Crippen molar-refractivity contribution in [1.82, 2.24) is 0 Å². The molecule has 0 atom stereocenters. The summed E-state index contributed by atoms with van der Waals surface area (Å²) in [6.07, 6.45) is 0. The molecular weight excluding hydrogens is 156 g/mol. The van der Waals surface area contributed by atoms with Crippen LogP contribution in [0.5, 0.6) is 0 Å². The van der Waals surface area contributed by atoms with Gasteiger partial charge in [0.15, 0.2) is 13.6 Å². The first kappa shape index (κ1) is 6.85. The monoisotopic (exact) mass is 165 g/mol. The Morgan fingerprint density at radius 1 is 1.55 bits per heavy atom. The molecule has 1 aromatic rings. The van der Waals surface area contributed by atoms with Gasteiger partial charge >= 0.3 is 0 Å². The lowest BCUT2D eigenvalue weighted by Gasteiger charge is -1.93. The van der Waals surface area contributed by atoms with Gasteiger partial charge in [-0.2, -0.15) is 0 Å². The molecule has 2 rings (SSSR count). The largest absolute Gasteiger partial charge is 0.197 e. The number of azo groups is 2. The van der Waals surface area contributed by atoms with Crippen molar-refractivity contribution < 1.29 is 4.70 Å². The summed E-state index contributed by atoms with van der Waals surface area (Å²) >= 11 is 4.34. The van der Waals surface area contributed by atoms with E-state index in [1.807, 2.05) is 29.9 Å². The number of hydrogen-bond acceptors (Lipinski definition) is 2. The maximum atomic E-state index is 4.34. The van der Waals surface area contributed by atoms with Crippen molar-refractivity contribution in [2.75, 3.05) is 7.05 Å². The van der Waals surface area contributed by atoms with Crippen molar-refractivity contribution in [3.05, 3.63) is 23.8 Å². The Bertz CT molecular complexity index is 331. The molecule has 0 bridgehead atoms. The van der Waals surface area contributed by atoms with Crippen LogP contribution in [0, 0.1) is 0 Å². The van der Waals surface area contributed by atoms with Gasteiger partial charge in [0.1, 0.15) is 5.69 Å². The lowest BCUT2D eigenvalue weighted by Crippen LogP contribution is -1.95. The molecule has 2 nitrogen and oxygen atoms in total. The molecule has 0 N–H and O–H groups in total. The van der Waals surface area contributed by atoms with E-state index >= 15 is 0 Å². The Kier molecular flexibility index (Phi) is 1.46. The summed E-state index contributed by atoms with van der Waals surface area (Å²) in [4.78, 5) is 1.04. The molecule has 0 amide bonds. The Morgan fingerprint density at radius 2 is 2.36 bits per heavy atom. The maximum Gasteiger partial charge on any atom is 0.197 e. The fourth-order valence-corrected chi connectivity index (χ4v) is 1.54. The number of hydrogen-bond donors (Lipinski definition) is 1. The van der Waals surface area contributed by atoms with E-state index in [9.17, 15) is 0 Å². The van der Waals surface area contributed by atoms with E-state index in [0.717, 1.165) is 17.1 Å². The highest BCUT2D eigenvalue weighted by Crippen LogP contribution is 2.30. The molecule has 3 heteroatoms. The average Bonchev–Trinajstić information content (AvgIpc) is 2.31. The lowest BCUT2D eigenvalue weighted by molar-refractivity contribution is -0.570. The quantitative estimate of drug-likeness (QED) is 0.448. The first-order valence-corrected chi connectivity index (χ1v) is 3.96. The van der Waals surface area contributed by atoms with Crippen molar-refractivity contribution in [1.29, 1.82) is 0 Å². The second-order valence-corrected chi connectivity index (χ2v) is 3.17. The molecule has 0 saturated heterocycles. The number of benzene rings is 1. The van der Waals surface area contributed by atoms with Gasteiger partial charge in [0.05, 0.1) is 5.56 Å². The van der Waals surface area contributed by atoms with Crippen molar-refractivity contribution in [2.45, 2.75) is 11.4 Å². The standard InChI is InChI=1S/C8H8N2S/c1-10-5-6-7(9-10)3-2-4-8(6)11/h2-4H,5H2,1H3/p+1. The SMILES string of the molecule is C[N+]1=Nc2cccc(S)c2C1. The fraction of sp³-hybridized carbons (Fsp3) is 0.250. The molecule has 11 heavy (non-hydrogen) atoms. The van der Waals surface area contributed by atoms with Crippen LogP contribution in [-0.2, 0) is 6.54 Å². The highest BCUT2D eigenvalue weighted by molar-refractivity contribution is 7.80. The smallest absolute Gasteiger partial charge is 0.143 e. The van der Waals surface area contributed by atoms with E-state index in [1.54, 1.807) is 0 Å². The summed E-state index contributed by atoms with van der Waals surface area (Å²) in [7, 11) is 1.97. The van der Waals surface area contributed by atoms with Crippen LogP contribution in [0.2, 0.25) is 0 Å². The number of fused-ring (bicyclic) bond motifs is 1. The minimum atomic E-state index is 0.884. The van der Waals surface area contributed by atoms with Gasteiger partial charge in [0, 0.05) is 4.90 Å². The summed E-state index contributed by atoms with van der Waals surface area (Å²) in [5.74, 6) is 0. The van der Waals surface area contributed by atoms with Gasteiger partial charge in [-0.05, 0) is 17.2 Å². The number of rotatable bonds is 0. The lowest BCUT2D eigenvalue weighted by atomic mass is 10.2. The van der Waals surface area contributed by atoms with Crippen LogP contribution in [0.4, 0.5) is 5.69 Å². The van der Waals surface area contributed by atoms with Crippen LogP contribution in [0.25, 0.3) is 0 Å². The third-order valence-electron chi connectivity index (χ3n) is 1.79. The summed E-state index contributed by atoms with van der Waals surface area (Å²) in [6.45, 7) is 0.884. The Hall–Kier alpha value is -0.830. The molecule has 0 fully saturated rings. The molecule has 0 saturated carbocycles. The van der Waals surface area contributed by atoms with Crippen LogP contribution in [0.3, 0.4) is 0 Å². The second kappa shape index (κ2) is 2.34. The Morgan fingerprint density at radius 3 is 3.09 bits per heavy atom. The molecule has 0 aromatic heterocycles. The minimum absolute atomic E-state index is 0.884. The van der Waals surface area contributed by atoms with Gasteiger partial charge in [-0.25, -0.2) is 0 Å². The van der Waals surface area contributed by atoms with E-state index < -0.39 is 0 Å². The topological polar surface area (TPSA) is 15.4 Å². The van der Waals surface area contributed by atoms with E-state index in [2.05, 4.69) is 17.7 Å². The van der Waals surface area contributed by atoms with E-state index in [4.69, 9.17) is 0 Å². The third kappa shape index (κ3) is 1.05. The fourth-order valence-electron chi connectivity index (χ4n) is 1.27. The van der Waals surface area contributed by atoms with Gasteiger partial charge in [-0.1, -0.05) is 6.07 Å². The molecular formula is C8H9N2S+. The van der Waals surface area contributed by atoms with Gasteiger partial charge in [-0.3, -0.25) is 0 Å². The zero-order chi connectivity index (χ0) is 7.84. The van der Waals surface area contributed by atoms with Crippen LogP contribution in [0.1, 0.15) is 5.56 Å². The minimum Gasteiger partial charge on any atom is -0.143 e. The summed E-state index contributed by atoms with van der Waals surface area (Å²) in [6, 6.07) is 5.99. The molecule has 0 unspecified atom stereocenters. The molecule has 1 aromatic carbocycles. The first-order chi connectivity index (χ1) is 5.27. The Labute approximate surface area is 71.0 Å². The van der Waals surface area contributed by atoms with Crippen LogP contribution in [0.15, 0.2) is 28.2 Å². The van der Waals surface area contributed by atoms with E-state index in [-0.39, 0.29) is 0 Å². The van der Waals surface area contributed by atoms with Crippen molar-refractivity contribution in [2.24, 2.45) is 5.11 Å². The van der Waals surface area contributed by atoms with E-state index in [1.165, 1.54) is 5.56 Å². The zero-order valence-electron chi connectivity index (χ0n) is 6.28. The predicted octanol–water partition coefficient (Wildman–Crippen LogP) is 2.21. The normalized spacial score (nSPS) is 14.5. The molecule has 1 aliphatic rings. The van der Waals surface area contributed by atoms with Crippen molar-refractivity contribution in [3.63, 3.8) is 0 Å². The van der Waals surface area contributed by atoms with Gasteiger partial charge in [-0.15, -0.1) is 17.3 Å².